The smallest absolute Gasteiger partial charge is 0.279 e. The van der Waals surface area contributed by atoms with Gasteiger partial charge < -0.3 is 0 Å². The molecule has 0 fully saturated rings. The van der Waals surface area contributed by atoms with Crippen LogP contribution in [0.3, 0.4) is 0 Å². The lowest BCUT2D eigenvalue weighted by atomic mass is 10.1. The van der Waals surface area contributed by atoms with Gasteiger partial charge in [0, 0.05) is 12.7 Å². The van der Waals surface area contributed by atoms with Crippen LogP contribution in [0, 0.1) is 6.92 Å². The van der Waals surface area contributed by atoms with E-state index in [4.69, 9.17) is 11.6 Å². The average Bonchev–Trinajstić information content (AvgIpc) is 2.71. The largest absolute Gasteiger partial charge is 0.285 e. The van der Waals surface area contributed by atoms with Gasteiger partial charge in [-0.1, -0.05) is 54.1 Å². The molecule has 0 radical (unpaired) electrons. The Morgan fingerprint density at radius 1 is 0.952 bits per heavy atom. The monoisotopic (exact) mass is 298 g/mol. The van der Waals surface area contributed by atoms with Gasteiger partial charge >= 0.3 is 0 Å². The molecule has 2 aromatic carbocycles. The molecular formula is C17H15ClN2O. The third-order valence-electron chi connectivity index (χ3n) is 3.70. The first-order valence-corrected chi connectivity index (χ1v) is 7.08. The average molecular weight is 299 g/mol. The first-order chi connectivity index (χ1) is 10.1. The molecule has 0 aliphatic heterocycles. The van der Waals surface area contributed by atoms with E-state index in [9.17, 15) is 4.79 Å². The minimum Gasteiger partial charge on any atom is -0.285 e. The van der Waals surface area contributed by atoms with Crippen LogP contribution in [0.2, 0.25) is 5.02 Å². The number of aromatic nitrogens is 2. The minimum atomic E-state index is -0.0608. The summed E-state index contributed by atoms with van der Waals surface area (Å²) in [5.74, 6) is 0. The molecule has 3 aromatic rings. The highest BCUT2D eigenvalue weighted by atomic mass is 35.5. The summed E-state index contributed by atoms with van der Waals surface area (Å²) in [6.45, 7) is 1.94. The van der Waals surface area contributed by atoms with Crippen molar-refractivity contribution in [2.45, 2.75) is 6.92 Å². The van der Waals surface area contributed by atoms with Gasteiger partial charge in [-0.25, -0.2) is 4.68 Å². The number of nitrogens with zero attached hydrogens (tertiary/aromatic N) is 2. The molecule has 0 atom stereocenters. The van der Waals surface area contributed by atoms with E-state index in [1.165, 1.54) is 0 Å². The summed E-state index contributed by atoms with van der Waals surface area (Å²) in [6.07, 6.45) is 0. The minimum absolute atomic E-state index is 0.0608. The van der Waals surface area contributed by atoms with Crippen LogP contribution in [0.15, 0.2) is 59.4 Å². The molecular weight excluding hydrogens is 284 g/mol. The van der Waals surface area contributed by atoms with Gasteiger partial charge in [0.1, 0.15) is 0 Å². The summed E-state index contributed by atoms with van der Waals surface area (Å²) in [5, 5.41) is 0.555. The van der Waals surface area contributed by atoms with Crippen LogP contribution in [0.5, 0.6) is 0 Å². The van der Waals surface area contributed by atoms with E-state index in [1.54, 1.807) is 10.7 Å². The van der Waals surface area contributed by atoms with Crippen LogP contribution in [-0.4, -0.2) is 9.36 Å². The topological polar surface area (TPSA) is 26.9 Å². The van der Waals surface area contributed by atoms with Crippen LogP contribution < -0.4 is 5.56 Å². The second-order valence-electron chi connectivity index (χ2n) is 4.92. The Morgan fingerprint density at radius 3 is 2.24 bits per heavy atom. The molecule has 1 heterocycles. The summed E-state index contributed by atoms with van der Waals surface area (Å²) >= 11 is 6.24. The maximum atomic E-state index is 12.8. The molecule has 106 valence electrons. The predicted octanol–water partition coefficient (Wildman–Crippen LogP) is 3.80. The second kappa shape index (κ2) is 5.26. The van der Waals surface area contributed by atoms with E-state index in [0.717, 1.165) is 11.3 Å². The summed E-state index contributed by atoms with van der Waals surface area (Å²) in [7, 11) is 1.87. The van der Waals surface area contributed by atoms with Crippen LogP contribution in [0.4, 0.5) is 0 Å². The summed E-state index contributed by atoms with van der Waals surface area (Å²) in [4.78, 5) is 12.8. The molecule has 0 aliphatic rings. The molecule has 0 aliphatic carbocycles. The van der Waals surface area contributed by atoms with Crippen molar-refractivity contribution in [3.05, 3.63) is 75.7 Å². The second-order valence-corrected chi connectivity index (χ2v) is 5.33. The summed E-state index contributed by atoms with van der Waals surface area (Å²) < 4.78 is 3.45. The first kappa shape index (κ1) is 13.7. The van der Waals surface area contributed by atoms with Gasteiger partial charge in [0.2, 0.25) is 0 Å². The molecule has 0 N–H and O–H groups in total. The number of hydrogen-bond donors (Lipinski definition) is 0. The van der Waals surface area contributed by atoms with E-state index >= 15 is 0 Å². The Bertz CT molecular complexity index is 847. The first-order valence-electron chi connectivity index (χ1n) is 6.70. The quantitative estimate of drug-likeness (QED) is 0.707. The third-order valence-corrected chi connectivity index (χ3v) is 4.02. The van der Waals surface area contributed by atoms with Crippen molar-refractivity contribution in [3.63, 3.8) is 0 Å². The van der Waals surface area contributed by atoms with Crippen LogP contribution >= 0.6 is 11.6 Å². The van der Waals surface area contributed by atoms with Crippen molar-refractivity contribution in [2.24, 2.45) is 7.05 Å². The maximum Gasteiger partial charge on any atom is 0.279 e. The Kier molecular flexibility index (Phi) is 3.43. The van der Waals surface area contributed by atoms with E-state index in [2.05, 4.69) is 0 Å². The molecule has 21 heavy (non-hydrogen) atoms. The van der Waals surface area contributed by atoms with Gasteiger partial charge in [0.15, 0.2) is 0 Å². The van der Waals surface area contributed by atoms with Crippen LogP contribution in [0.25, 0.3) is 16.8 Å². The van der Waals surface area contributed by atoms with Crippen molar-refractivity contribution in [1.29, 1.82) is 0 Å². The number of hydrogen-bond acceptors (Lipinski definition) is 1. The van der Waals surface area contributed by atoms with E-state index in [0.29, 0.717) is 16.3 Å². The molecule has 0 spiro atoms. The van der Waals surface area contributed by atoms with Crippen molar-refractivity contribution in [2.75, 3.05) is 0 Å². The lowest BCUT2D eigenvalue weighted by Crippen LogP contribution is -2.20. The predicted molar refractivity (Wildman–Crippen MR) is 86.2 cm³/mol. The molecule has 0 amide bonds. The van der Waals surface area contributed by atoms with Crippen molar-refractivity contribution in [1.82, 2.24) is 9.36 Å². The van der Waals surface area contributed by atoms with Crippen molar-refractivity contribution < 1.29 is 0 Å². The Hall–Kier alpha value is -2.26. The molecule has 1 aromatic heterocycles. The van der Waals surface area contributed by atoms with E-state index in [-0.39, 0.29) is 5.56 Å². The normalized spacial score (nSPS) is 10.8. The van der Waals surface area contributed by atoms with E-state index in [1.807, 2.05) is 67.2 Å². The van der Waals surface area contributed by atoms with Gasteiger partial charge in [-0.2, -0.15) is 0 Å². The Morgan fingerprint density at radius 2 is 1.57 bits per heavy atom. The van der Waals surface area contributed by atoms with E-state index < -0.39 is 0 Å². The number of rotatable bonds is 2. The molecule has 3 rings (SSSR count). The lowest BCUT2D eigenvalue weighted by Gasteiger charge is -2.09. The van der Waals surface area contributed by atoms with Crippen LogP contribution in [0.1, 0.15) is 5.69 Å². The molecule has 0 bridgehead atoms. The third kappa shape index (κ3) is 2.20. The standard InChI is InChI=1S/C17H15ClN2O/c1-12-16(13-8-4-3-5-9-13)17(21)20(19(12)2)15-11-7-6-10-14(15)18/h3-11H,1-2H3. The van der Waals surface area contributed by atoms with Gasteiger partial charge in [0.05, 0.1) is 16.3 Å². The van der Waals surface area contributed by atoms with Gasteiger partial charge in [-0.15, -0.1) is 0 Å². The SMILES string of the molecule is Cc1c(-c2ccccc2)c(=O)n(-c2ccccc2Cl)n1C. The van der Waals surface area contributed by atoms with Crippen LogP contribution in [-0.2, 0) is 7.05 Å². The summed E-state index contributed by atoms with van der Waals surface area (Å²) in [5.41, 5.74) is 3.16. The van der Waals surface area contributed by atoms with Crippen molar-refractivity contribution >= 4 is 11.6 Å². The maximum absolute atomic E-state index is 12.8. The number of para-hydroxylation sites is 1. The highest BCUT2D eigenvalue weighted by molar-refractivity contribution is 6.32. The molecule has 0 saturated heterocycles. The fourth-order valence-corrected chi connectivity index (χ4v) is 2.76. The van der Waals surface area contributed by atoms with Crippen molar-refractivity contribution in [3.8, 4) is 16.8 Å². The summed E-state index contributed by atoms with van der Waals surface area (Å²) in [6, 6.07) is 17.0. The lowest BCUT2D eigenvalue weighted by molar-refractivity contribution is 0.630. The van der Waals surface area contributed by atoms with Gasteiger partial charge in [-0.3, -0.25) is 9.48 Å². The fraction of sp³-hybridized carbons (Fsp3) is 0.118. The molecule has 4 heteroatoms. The zero-order valence-electron chi connectivity index (χ0n) is 11.9. The Labute approximate surface area is 128 Å². The van der Waals surface area contributed by atoms with Gasteiger partial charge in [-0.05, 0) is 24.6 Å². The van der Waals surface area contributed by atoms with Gasteiger partial charge in [0.25, 0.3) is 5.56 Å². The molecule has 3 nitrogen and oxygen atoms in total. The molecule has 0 unspecified atom stereocenters. The zero-order chi connectivity index (χ0) is 15.0. The highest BCUT2D eigenvalue weighted by Crippen LogP contribution is 2.24. The number of halogens is 1. The highest BCUT2D eigenvalue weighted by Gasteiger charge is 2.18. The number of benzene rings is 2. The zero-order valence-corrected chi connectivity index (χ0v) is 12.6. The fourth-order valence-electron chi connectivity index (χ4n) is 2.54. The Balaban J connectivity index is 2.31. The molecule has 0 saturated carbocycles.